The van der Waals surface area contributed by atoms with Gasteiger partial charge in [0.2, 0.25) is 0 Å². The minimum Gasteiger partial charge on any atom is -0.473 e. The lowest BCUT2D eigenvalue weighted by molar-refractivity contribution is -0.334. The van der Waals surface area contributed by atoms with E-state index in [1.165, 1.54) is 18.2 Å². The molecule has 3 aliphatic heterocycles. The normalized spacial score (nSPS) is 34.7. The summed E-state index contributed by atoms with van der Waals surface area (Å²) in [5.41, 5.74) is 2.39. The lowest BCUT2D eigenvalue weighted by Gasteiger charge is -2.44. The molecule has 5 atom stereocenters. The Morgan fingerprint density at radius 2 is 2.00 bits per heavy atom. The van der Waals surface area contributed by atoms with E-state index in [-0.39, 0.29) is 30.4 Å². The van der Waals surface area contributed by atoms with Crippen molar-refractivity contribution in [2.24, 2.45) is 0 Å². The van der Waals surface area contributed by atoms with Crippen molar-refractivity contribution in [3.05, 3.63) is 29.8 Å². The van der Waals surface area contributed by atoms with Gasteiger partial charge in [-0.15, -0.1) is 0 Å². The summed E-state index contributed by atoms with van der Waals surface area (Å²) in [6.07, 6.45) is -6.39. The monoisotopic (exact) mass is 454 g/mol. The average molecular weight is 454 g/mol. The first-order valence-corrected chi connectivity index (χ1v) is 10.7. The van der Waals surface area contributed by atoms with Gasteiger partial charge in [-0.05, 0) is 25.5 Å². The van der Waals surface area contributed by atoms with Gasteiger partial charge in [0, 0.05) is 12.0 Å². The number of piperidine rings is 1. The number of hydrazine groups is 1. The van der Waals surface area contributed by atoms with Crippen molar-refractivity contribution in [1.29, 1.82) is 0 Å². The van der Waals surface area contributed by atoms with Crippen molar-refractivity contribution in [2.75, 3.05) is 13.2 Å². The third-order valence-electron chi connectivity index (χ3n) is 5.47. The number of halogens is 5. The van der Waals surface area contributed by atoms with Gasteiger partial charge < -0.3 is 9.47 Å². The zero-order valence-corrected chi connectivity index (χ0v) is 16.7. The van der Waals surface area contributed by atoms with Crippen molar-refractivity contribution < 1.29 is 31.4 Å². The van der Waals surface area contributed by atoms with E-state index in [0.29, 0.717) is 13.0 Å². The molecular weight excluding hydrogens is 431 g/mol. The first-order chi connectivity index (χ1) is 14.3. The molecule has 0 bridgehead atoms. The third kappa shape index (κ3) is 4.26. The molecular formula is C18H23F5N4O2S. The van der Waals surface area contributed by atoms with Crippen molar-refractivity contribution in [2.45, 2.75) is 60.6 Å². The van der Waals surface area contributed by atoms with Gasteiger partial charge in [-0.25, -0.2) is 19.6 Å². The van der Waals surface area contributed by atoms with E-state index in [2.05, 4.69) is 21.5 Å². The van der Waals surface area contributed by atoms with Gasteiger partial charge in [-0.2, -0.15) is 13.2 Å². The molecule has 1 aromatic rings. The maximum absolute atomic E-state index is 13.8. The van der Waals surface area contributed by atoms with Crippen molar-refractivity contribution in [3.8, 4) is 5.75 Å². The number of hydrogen-bond acceptors (Lipinski definition) is 7. The van der Waals surface area contributed by atoms with Crippen molar-refractivity contribution >= 4 is 11.8 Å². The first kappa shape index (κ1) is 22.0. The first-order valence-electron chi connectivity index (χ1n) is 9.71. The van der Waals surface area contributed by atoms with Crippen molar-refractivity contribution in [3.63, 3.8) is 0 Å². The topological polar surface area (TPSA) is 66.6 Å². The van der Waals surface area contributed by atoms with Crippen LogP contribution in [0.15, 0.2) is 24.3 Å². The molecule has 0 amide bonds. The van der Waals surface area contributed by atoms with Crippen LogP contribution in [-0.4, -0.2) is 48.9 Å². The molecule has 3 heterocycles. The van der Waals surface area contributed by atoms with E-state index in [0.717, 1.165) is 18.2 Å². The maximum Gasteiger partial charge on any atom is 0.421 e. The molecule has 6 nitrogen and oxygen atoms in total. The summed E-state index contributed by atoms with van der Waals surface area (Å²) < 4.78 is 78.0. The van der Waals surface area contributed by atoms with Crippen LogP contribution < -0.4 is 26.2 Å². The second-order valence-electron chi connectivity index (χ2n) is 7.39. The zero-order valence-electron chi connectivity index (χ0n) is 15.8. The minimum absolute atomic E-state index is 0.0303. The summed E-state index contributed by atoms with van der Waals surface area (Å²) >= 11 is 1.01. The van der Waals surface area contributed by atoms with Gasteiger partial charge in [-0.1, -0.05) is 30.0 Å². The Morgan fingerprint density at radius 3 is 2.63 bits per heavy atom. The van der Waals surface area contributed by atoms with Crippen molar-refractivity contribution in [1.82, 2.24) is 21.5 Å². The molecule has 4 rings (SSSR count). The molecule has 12 heteroatoms. The van der Waals surface area contributed by atoms with Crippen LogP contribution in [0.4, 0.5) is 22.0 Å². The second kappa shape index (κ2) is 8.75. The fourth-order valence-electron chi connectivity index (χ4n) is 3.86. The molecule has 3 fully saturated rings. The molecule has 0 saturated carbocycles. The summed E-state index contributed by atoms with van der Waals surface area (Å²) in [4.78, 5) is 0. The molecule has 4 unspecified atom stereocenters. The highest BCUT2D eigenvalue weighted by molar-refractivity contribution is 8.00. The van der Waals surface area contributed by atoms with Crippen LogP contribution in [0.25, 0.3) is 0 Å². The summed E-state index contributed by atoms with van der Waals surface area (Å²) in [6.45, 7) is 0.664. The van der Waals surface area contributed by atoms with E-state index in [4.69, 9.17) is 9.47 Å². The predicted octanol–water partition coefficient (Wildman–Crippen LogP) is 2.63. The highest BCUT2D eigenvalue weighted by Crippen LogP contribution is 2.52. The maximum atomic E-state index is 13.8. The summed E-state index contributed by atoms with van der Waals surface area (Å²) in [5, 5.41) is 5.33. The van der Waals surface area contributed by atoms with Crippen LogP contribution in [0.3, 0.4) is 0 Å². The van der Waals surface area contributed by atoms with E-state index >= 15 is 0 Å². The van der Waals surface area contributed by atoms with Crippen LogP contribution in [0.5, 0.6) is 5.75 Å². The second-order valence-corrected chi connectivity index (χ2v) is 8.64. The largest absolute Gasteiger partial charge is 0.473 e. The molecule has 168 valence electrons. The molecule has 30 heavy (non-hydrogen) atoms. The fourth-order valence-corrected chi connectivity index (χ4v) is 4.80. The molecule has 0 spiro atoms. The van der Waals surface area contributed by atoms with Crippen LogP contribution in [0.1, 0.15) is 24.8 Å². The highest BCUT2D eigenvalue weighted by atomic mass is 32.2. The Bertz CT molecular complexity index is 737. The number of para-hydroxylation sites is 1. The number of ether oxygens (including phenoxy) is 2. The quantitative estimate of drug-likeness (QED) is 0.493. The van der Waals surface area contributed by atoms with Crippen LogP contribution in [-0.2, 0) is 10.3 Å². The number of rotatable bonds is 6. The molecule has 4 N–H and O–H groups in total. The predicted molar refractivity (Wildman–Crippen MR) is 101 cm³/mol. The molecule has 3 saturated heterocycles. The summed E-state index contributed by atoms with van der Waals surface area (Å²) in [7, 11) is 0. The Hall–Kier alpha value is -1.18. The lowest BCUT2D eigenvalue weighted by Crippen LogP contribution is -2.59. The molecule has 0 aliphatic carbocycles. The number of benzene rings is 1. The van der Waals surface area contributed by atoms with Crippen LogP contribution in [0.2, 0.25) is 0 Å². The Balaban J connectivity index is 1.49. The van der Waals surface area contributed by atoms with Crippen LogP contribution in [0, 0.1) is 0 Å². The fraction of sp³-hybridized carbons (Fsp3) is 0.667. The zero-order chi connectivity index (χ0) is 21.4. The van der Waals surface area contributed by atoms with E-state index in [9.17, 15) is 22.0 Å². The lowest BCUT2D eigenvalue weighted by atomic mass is 9.85. The minimum atomic E-state index is -4.57. The highest BCUT2D eigenvalue weighted by Gasteiger charge is 2.62. The molecule has 1 aromatic carbocycles. The van der Waals surface area contributed by atoms with E-state index in [1.807, 2.05) is 0 Å². The van der Waals surface area contributed by atoms with E-state index in [1.54, 1.807) is 6.07 Å². The van der Waals surface area contributed by atoms with Gasteiger partial charge in [-0.3, -0.25) is 10.6 Å². The average Bonchev–Trinajstić information content (AvgIpc) is 3.11. The Morgan fingerprint density at radius 1 is 1.23 bits per heavy atom. The SMILES string of the molecule is FC(F)C1NNC(NC2CCCNC2Oc2ccccc2[C@@]2(C(F)(F)F)CCO2)S1. The van der Waals surface area contributed by atoms with Gasteiger partial charge in [0.1, 0.15) is 16.6 Å². The molecule has 3 aliphatic rings. The van der Waals surface area contributed by atoms with Gasteiger partial charge in [0.05, 0.1) is 12.6 Å². The van der Waals surface area contributed by atoms with Crippen LogP contribution >= 0.6 is 11.8 Å². The van der Waals surface area contributed by atoms with E-state index < -0.39 is 35.3 Å². The number of thioether (sulfide) groups is 1. The van der Waals surface area contributed by atoms with Gasteiger partial charge in [0.15, 0.2) is 11.8 Å². The summed E-state index contributed by atoms with van der Waals surface area (Å²) in [6, 6.07) is 5.71. The molecule has 0 aromatic heterocycles. The van der Waals surface area contributed by atoms with Gasteiger partial charge in [0.25, 0.3) is 6.43 Å². The number of alkyl halides is 5. The third-order valence-corrected chi connectivity index (χ3v) is 6.62. The number of hydrogen-bond donors (Lipinski definition) is 4. The Kier molecular flexibility index (Phi) is 6.43. The number of nitrogens with one attached hydrogen (secondary N) is 4. The smallest absolute Gasteiger partial charge is 0.421 e. The Labute approximate surface area is 174 Å². The summed E-state index contributed by atoms with van der Waals surface area (Å²) in [5.74, 6) is 0.0938. The standard InChI is InChI=1S/C18H23F5N4O2S/c19-13(20)15-26-27-16(30-15)25-11-5-3-8-24-14(11)29-12-6-2-1-4-10(12)17(7-9-28-17)18(21,22)23/h1-2,4,6,11,13-16,24-27H,3,5,7-9H2/t11?,14?,15?,16?,17-/m1/s1. The van der Waals surface area contributed by atoms with Gasteiger partial charge >= 0.3 is 6.18 Å². The molecule has 0 radical (unpaired) electrons.